The minimum absolute atomic E-state index is 0.0436. The Kier molecular flexibility index (Phi) is 8.50. The summed E-state index contributed by atoms with van der Waals surface area (Å²) in [5.74, 6) is 2.17. The van der Waals surface area contributed by atoms with Crippen LogP contribution in [0.15, 0.2) is 53.4 Å². The summed E-state index contributed by atoms with van der Waals surface area (Å²) in [6.45, 7) is 6.77. The molecule has 2 unspecified atom stereocenters. The van der Waals surface area contributed by atoms with E-state index < -0.39 is 0 Å². The molecule has 2 aromatic rings. The van der Waals surface area contributed by atoms with Crippen LogP contribution in [0, 0.1) is 0 Å². The normalized spacial score (nSPS) is 13.7. The quantitative estimate of drug-likeness (QED) is 0.305. The Bertz CT molecular complexity index is 627. The van der Waals surface area contributed by atoms with Gasteiger partial charge in [0.1, 0.15) is 18.5 Å². The molecule has 0 saturated heterocycles. The zero-order chi connectivity index (χ0) is 18.2. The van der Waals surface area contributed by atoms with Crippen LogP contribution in [0.1, 0.15) is 32.3 Å². The molecule has 0 aliphatic rings. The van der Waals surface area contributed by atoms with Gasteiger partial charge in [-0.2, -0.15) is 0 Å². The van der Waals surface area contributed by atoms with Gasteiger partial charge in [-0.3, -0.25) is 0 Å². The fraction of sp³-hybridized carbons (Fsp3) is 0.400. The molecule has 0 heterocycles. The van der Waals surface area contributed by atoms with Crippen molar-refractivity contribution < 1.29 is 9.47 Å². The van der Waals surface area contributed by atoms with E-state index in [-0.39, 0.29) is 11.5 Å². The largest absolute Gasteiger partial charge is 0.491 e. The minimum atomic E-state index is -0.136. The van der Waals surface area contributed by atoms with Crippen molar-refractivity contribution in [1.29, 1.82) is 0 Å². The Morgan fingerprint density at radius 1 is 1.00 bits per heavy atom. The van der Waals surface area contributed by atoms with Gasteiger partial charge in [0.05, 0.1) is 5.44 Å². The molecule has 0 saturated carbocycles. The first-order valence-electron chi connectivity index (χ1n) is 8.38. The molecule has 2 nitrogen and oxygen atoms in total. The Hall–Kier alpha value is -0.810. The Balaban J connectivity index is 1.89. The van der Waals surface area contributed by atoms with E-state index in [0.717, 1.165) is 21.4 Å². The zero-order valence-corrected chi connectivity index (χ0v) is 17.3. The number of thiol groups is 1. The summed E-state index contributed by atoms with van der Waals surface area (Å²) >= 11 is 12.0. The summed E-state index contributed by atoms with van der Waals surface area (Å²) in [7, 11) is 0. The van der Waals surface area contributed by atoms with Gasteiger partial charge in [-0.1, -0.05) is 37.6 Å². The van der Waals surface area contributed by atoms with Gasteiger partial charge in [-0.05, 0) is 54.8 Å². The molecule has 2 aromatic carbocycles. The van der Waals surface area contributed by atoms with E-state index in [1.165, 1.54) is 5.56 Å². The van der Waals surface area contributed by atoms with Crippen LogP contribution in [0.2, 0.25) is 5.02 Å². The van der Waals surface area contributed by atoms with E-state index >= 15 is 0 Å². The lowest BCUT2D eigenvalue weighted by molar-refractivity contribution is 0.0282. The predicted octanol–water partition coefficient (Wildman–Crippen LogP) is 6.30. The highest BCUT2D eigenvalue weighted by Crippen LogP contribution is 2.23. The average molecular weight is 397 g/mol. The van der Waals surface area contributed by atoms with Crippen molar-refractivity contribution in [3.8, 4) is 5.75 Å². The molecular formula is C20H25ClO2S2. The number of hydrogen-bond acceptors (Lipinski definition) is 4. The summed E-state index contributed by atoms with van der Waals surface area (Å²) in [5, 5.41) is 0.745. The lowest BCUT2D eigenvalue weighted by atomic mass is 10.0. The molecule has 0 aliphatic heterocycles. The van der Waals surface area contributed by atoms with Crippen LogP contribution in [0.5, 0.6) is 5.75 Å². The Labute approximate surface area is 165 Å². The number of rotatable bonds is 9. The molecule has 2 rings (SSSR count). The first kappa shape index (κ1) is 20.5. The van der Waals surface area contributed by atoms with Gasteiger partial charge >= 0.3 is 0 Å². The van der Waals surface area contributed by atoms with Gasteiger partial charge in [0.25, 0.3) is 0 Å². The van der Waals surface area contributed by atoms with Crippen LogP contribution in [-0.4, -0.2) is 23.9 Å². The van der Waals surface area contributed by atoms with Crippen LogP contribution < -0.4 is 4.74 Å². The van der Waals surface area contributed by atoms with Gasteiger partial charge in [0, 0.05) is 15.7 Å². The lowest BCUT2D eigenvalue weighted by Gasteiger charge is -2.20. The van der Waals surface area contributed by atoms with Gasteiger partial charge in [-0.15, -0.1) is 24.4 Å². The molecule has 2 atom stereocenters. The molecule has 0 amide bonds. The van der Waals surface area contributed by atoms with Gasteiger partial charge < -0.3 is 9.47 Å². The molecule has 0 fully saturated rings. The molecule has 0 aromatic heterocycles. The number of benzene rings is 2. The number of hydrogen-bond donors (Lipinski definition) is 1. The molecule has 136 valence electrons. The fourth-order valence-corrected chi connectivity index (χ4v) is 3.44. The number of halogens is 1. The van der Waals surface area contributed by atoms with Crippen LogP contribution in [-0.2, 0) is 4.74 Å². The topological polar surface area (TPSA) is 18.5 Å². The molecule has 0 N–H and O–H groups in total. The second-order valence-corrected chi connectivity index (χ2v) is 8.41. The maximum absolute atomic E-state index is 5.93. The van der Waals surface area contributed by atoms with Crippen molar-refractivity contribution in [1.82, 2.24) is 0 Å². The number of ether oxygens (including phenoxy) is 2. The third-order valence-electron chi connectivity index (χ3n) is 3.62. The van der Waals surface area contributed by atoms with Crippen molar-refractivity contribution in [2.45, 2.75) is 43.1 Å². The third kappa shape index (κ3) is 7.53. The van der Waals surface area contributed by atoms with Crippen molar-refractivity contribution in [2.75, 3.05) is 12.4 Å². The predicted molar refractivity (Wildman–Crippen MR) is 112 cm³/mol. The van der Waals surface area contributed by atoms with Crippen molar-refractivity contribution in [3.05, 3.63) is 59.1 Å². The number of thioether (sulfide) groups is 1. The maximum atomic E-state index is 5.93. The summed E-state index contributed by atoms with van der Waals surface area (Å²) in [6.07, 6.45) is -0.0436. The highest BCUT2D eigenvalue weighted by Gasteiger charge is 2.14. The average Bonchev–Trinajstić information content (AvgIpc) is 2.58. The van der Waals surface area contributed by atoms with Crippen LogP contribution in [0.3, 0.4) is 0 Å². The van der Waals surface area contributed by atoms with Crippen molar-refractivity contribution >= 4 is 36.0 Å². The molecule has 5 heteroatoms. The van der Waals surface area contributed by atoms with Gasteiger partial charge in [-0.25, -0.2) is 0 Å². The van der Waals surface area contributed by atoms with E-state index in [1.54, 1.807) is 11.8 Å². The smallest absolute Gasteiger partial charge is 0.119 e. The zero-order valence-electron chi connectivity index (χ0n) is 14.8. The molecule has 0 spiro atoms. The third-order valence-corrected chi connectivity index (χ3v) is 5.14. The first-order valence-corrected chi connectivity index (χ1v) is 10.3. The second kappa shape index (κ2) is 10.4. The molecule has 0 aliphatic carbocycles. The summed E-state index contributed by atoms with van der Waals surface area (Å²) in [4.78, 5) is 1.16. The Morgan fingerprint density at radius 3 is 2.20 bits per heavy atom. The molecule has 0 radical (unpaired) electrons. The summed E-state index contributed by atoms with van der Waals surface area (Å²) in [6, 6.07) is 16.1. The highest BCUT2D eigenvalue weighted by molar-refractivity contribution is 7.99. The van der Waals surface area contributed by atoms with E-state index in [0.29, 0.717) is 12.5 Å². The van der Waals surface area contributed by atoms with Crippen LogP contribution in [0.4, 0.5) is 0 Å². The van der Waals surface area contributed by atoms with Crippen molar-refractivity contribution in [3.63, 3.8) is 0 Å². The minimum Gasteiger partial charge on any atom is -0.491 e. The standard InChI is InChI=1S/C20H25ClO2S2/c1-14(2)16-4-8-18(9-5-16)22-12-19(23-15(3)24)13-25-20-10-6-17(21)7-11-20/h4-11,14-15,19,24H,12-13H2,1-3H3. The van der Waals surface area contributed by atoms with E-state index in [2.05, 4.69) is 38.6 Å². The van der Waals surface area contributed by atoms with E-state index in [4.69, 9.17) is 21.1 Å². The fourth-order valence-electron chi connectivity index (χ4n) is 2.26. The van der Waals surface area contributed by atoms with Gasteiger partial charge in [0.2, 0.25) is 0 Å². The van der Waals surface area contributed by atoms with E-state index in [9.17, 15) is 0 Å². The van der Waals surface area contributed by atoms with Crippen LogP contribution >= 0.6 is 36.0 Å². The maximum Gasteiger partial charge on any atom is 0.119 e. The summed E-state index contributed by atoms with van der Waals surface area (Å²) in [5.41, 5.74) is 1.17. The first-order chi connectivity index (χ1) is 11.9. The monoisotopic (exact) mass is 396 g/mol. The van der Waals surface area contributed by atoms with Gasteiger partial charge in [0.15, 0.2) is 0 Å². The highest BCUT2D eigenvalue weighted by atomic mass is 35.5. The lowest BCUT2D eigenvalue weighted by Crippen LogP contribution is -2.26. The molecular weight excluding hydrogens is 372 g/mol. The summed E-state index contributed by atoms with van der Waals surface area (Å²) < 4.78 is 11.8. The molecule has 0 bridgehead atoms. The Morgan fingerprint density at radius 2 is 1.64 bits per heavy atom. The SMILES string of the molecule is CC(S)OC(COc1ccc(C(C)C)cc1)CSc1ccc(Cl)cc1. The van der Waals surface area contributed by atoms with Crippen molar-refractivity contribution in [2.24, 2.45) is 0 Å². The van der Waals surface area contributed by atoms with Crippen LogP contribution in [0.25, 0.3) is 0 Å². The van der Waals surface area contributed by atoms with E-state index in [1.807, 2.05) is 43.3 Å². The second-order valence-electron chi connectivity index (χ2n) is 6.16. The molecule has 25 heavy (non-hydrogen) atoms.